The van der Waals surface area contributed by atoms with Crippen molar-refractivity contribution in [1.29, 1.82) is 0 Å². The lowest BCUT2D eigenvalue weighted by Gasteiger charge is -2.35. The van der Waals surface area contributed by atoms with Crippen molar-refractivity contribution in [1.82, 2.24) is 20.2 Å². The first kappa shape index (κ1) is 13.5. The summed E-state index contributed by atoms with van der Waals surface area (Å²) in [4.78, 5) is 13.3. The van der Waals surface area contributed by atoms with Gasteiger partial charge in [-0.25, -0.2) is 9.97 Å². The van der Waals surface area contributed by atoms with E-state index in [1.165, 1.54) is 18.4 Å². The molecule has 0 spiro atoms. The highest BCUT2D eigenvalue weighted by atomic mass is 15.3. The number of nitrogens with zero attached hydrogens (tertiary/aromatic N) is 4. The summed E-state index contributed by atoms with van der Waals surface area (Å²) < 4.78 is 0. The first-order valence-corrected chi connectivity index (χ1v) is 7.45. The molecule has 1 aromatic heterocycles. The Balaban J connectivity index is 1.40. The van der Waals surface area contributed by atoms with Crippen LogP contribution in [0.3, 0.4) is 0 Å². The highest BCUT2D eigenvalue weighted by molar-refractivity contribution is 5.29. The Morgan fingerprint density at radius 3 is 2.55 bits per heavy atom. The monoisotopic (exact) mass is 273 g/mol. The van der Waals surface area contributed by atoms with E-state index in [2.05, 4.69) is 31.7 Å². The minimum absolute atomic E-state index is 0.763. The molecule has 0 amide bonds. The summed E-state index contributed by atoms with van der Waals surface area (Å²) in [5, 5.41) is 3.52. The third kappa shape index (κ3) is 3.77. The normalized spacial score (nSPS) is 20.1. The Labute approximate surface area is 120 Å². The Kier molecular flexibility index (Phi) is 4.28. The predicted octanol–water partition coefficient (Wildman–Crippen LogP) is 0.907. The van der Waals surface area contributed by atoms with E-state index in [9.17, 15) is 0 Å². The molecule has 2 heterocycles. The molecular formula is C15H23N5. The maximum Gasteiger partial charge on any atom is 0.225 e. The number of rotatable bonds is 6. The number of aromatic nitrogens is 2. The van der Waals surface area contributed by atoms with Crippen LogP contribution in [0.5, 0.6) is 0 Å². The molecule has 1 aliphatic heterocycles. The maximum atomic E-state index is 4.31. The number of piperazine rings is 1. The summed E-state index contributed by atoms with van der Waals surface area (Å²) in [5.74, 6) is 0.848. The molecule has 1 saturated heterocycles. The van der Waals surface area contributed by atoms with Gasteiger partial charge in [0.25, 0.3) is 0 Å². The fourth-order valence-electron chi connectivity index (χ4n) is 2.51. The molecule has 0 unspecified atom stereocenters. The molecule has 2 aliphatic rings. The van der Waals surface area contributed by atoms with E-state index in [4.69, 9.17) is 0 Å². The second-order valence-corrected chi connectivity index (χ2v) is 5.72. The lowest BCUT2D eigenvalue weighted by atomic mass is 10.2. The summed E-state index contributed by atoms with van der Waals surface area (Å²) in [7, 11) is 0. The molecule has 1 saturated carbocycles. The first-order valence-electron chi connectivity index (χ1n) is 7.45. The van der Waals surface area contributed by atoms with Crippen LogP contribution >= 0.6 is 0 Å². The van der Waals surface area contributed by atoms with Crippen molar-refractivity contribution in [3.05, 3.63) is 30.6 Å². The molecule has 108 valence electrons. The van der Waals surface area contributed by atoms with Gasteiger partial charge < -0.3 is 10.2 Å². The van der Waals surface area contributed by atoms with Gasteiger partial charge in [-0.1, -0.05) is 6.58 Å². The molecule has 1 N–H and O–H groups in total. The molecule has 0 radical (unpaired) electrons. The van der Waals surface area contributed by atoms with Gasteiger partial charge in [-0.05, 0) is 24.5 Å². The van der Waals surface area contributed by atoms with Gasteiger partial charge in [0.1, 0.15) is 0 Å². The maximum absolute atomic E-state index is 4.31. The molecule has 0 atom stereocenters. The van der Waals surface area contributed by atoms with Gasteiger partial charge in [0.05, 0.1) is 0 Å². The van der Waals surface area contributed by atoms with Gasteiger partial charge in [0, 0.05) is 57.7 Å². The lowest BCUT2D eigenvalue weighted by molar-refractivity contribution is 0.275. The van der Waals surface area contributed by atoms with Crippen LogP contribution in [-0.4, -0.2) is 60.2 Å². The molecule has 1 aliphatic carbocycles. The van der Waals surface area contributed by atoms with E-state index in [1.54, 1.807) is 12.4 Å². The van der Waals surface area contributed by atoms with E-state index in [1.807, 2.05) is 6.07 Å². The van der Waals surface area contributed by atoms with Crippen molar-refractivity contribution in [2.24, 2.45) is 0 Å². The molecule has 5 nitrogen and oxygen atoms in total. The van der Waals surface area contributed by atoms with Crippen LogP contribution in [-0.2, 0) is 0 Å². The second-order valence-electron chi connectivity index (χ2n) is 5.72. The topological polar surface area (TPSA) is 44.3 Å². The van der Waals surface area contributed by atoms with E-state index in [0.717, 1.165) is 51.3 Å². The summed E-state index contributed by atoms with van der Waals surface area (Å²) >= 11 is 0. The molecule has 0 bridgehead atoms. The molecule has 2 fully saturated rings. The highest BCUT2D eigenvalue weighted by Crippen LogP contribution is 2.18. The van der Waals surface area contributed by atoms with Gasteiger partial charge >= 0.3 is 0 Å². The van der Waals surface area contributed by atoms with Crippen LogP contribution in [0.1, 0.15) is 12.8 Å². The predicted molar refractivity (Wildman–Crippen MR) is 80.8 cm³/mol. The minimum Gasteiger partial charge on any atom is -0.338 e. The van der Waals surface area contributed by atoms with Crippen molar-refractivity contribution >= 4 is 5.95 Å². The van der Waals surface area contributed by atoms with E-state index >= 15 is 0 Å². The zero-order valence-electron chi connectivity index (χ0n) is 12.0. The molecule has 3 rings (SSSR count). The number of hydrogen-bond donors (Lipinski definition) is 1. The Hall–Kier alpha value is -1.46. The van der Waals surface area contributed by atoms with Crippen LogP contribution in [0.15, 0.2) is 30.6 Å². The van der Waals surface area contributed by atoms with Gasteiger partial charge in [-0.2, -0.15) is 0 Å². The van der Waals surface area contributed by atoms with Crippen LogP contribution < -0.4 is 10.2 Å². The number of hydrogen-bond acceptors (Lipinski definition) is 5. The van der Waals surface area contributed by atoms with Crippen LogP contribution in [0, 0.1) is 0 Å². The Morgan fingerprint density at radius 2 is 1.90 bits per heavy atom. The molecule has 0 aromatic carbocycles. The first-order chi connectivity index (χ1) is 9.81. The molecular weight excluding hydrogens is 250 g/mol. The highest BCUT2D eigenvalue weighted by Gasteiger charge is 2.21. The summed E-state index contributed by atoms with van der Waals surface area (Å²) in [6.45, 7) is 10.3. The van der Waals surface area contributed by atoms with Crippen LogP contribution in [0.2, 0.25) is 0 Å². The van der Waals surface area contributed by atoms with E-state index in [-0.39, 0.29) is 0 Å². The van der Waals surface area contributed by atoms with Gasteiger partial charge in [-0.15, -0.1) is 0 Å². The van der Waals surface area contributed by atoms with Crippen molar-refractivity contribution in [3.8, 4) is 0 Å². The van der Waals surface area contributed by atoms with Gasteiger partial charge in [0.2, 0.25) is 5.95 Å². The van der Waals surface area contributed by atoms with E-state index in [0.29, 0.717) is 0 Å². The molecule has 20 heavy (non-hydrogen) atoms. The Bertz CT molecular complexity index is 435. The summed E-state index contributed by atoms with van der Waals surface area (Å²) in [5.41, 5.74) is 1.29. The largest absolute Gasteiger partial charge is 0.338 e. The fraction of sp³-hybridized carbons (Fsp3) is 0.600. The van der Waals surface area contributed by atoms with Crippen LogP contribution in [0.25, 0.3) is 0 Å². The fourth-order valence-corrected chi connectivity index (χ4v) is 2.51. The van der Waals surface area contributed by atoms with Crippen molar-refractivity contribution in [2.45, 2.75) is 18.9 Å². The lowest BCUT2D eigenvalue weighted by Crippen LogP contribution is -2.47. The van der Waals surface area contributed by atoms with Crippen molar-refractivity contribution in [3.63, 3.8) is 0 Å². The zero-order chi connectivity index (χ0) is 13.8. The number of anilines is 1. The third-order valence-corrected chi connectivity index (χ3v) is 3.87. The standard InChI is InChI=1S/C15H23N5/c1-13(11-18-14-3-4-14)12-19-7-9-20(10-8-19)15-16-5-2-6-17-15/h2,5-6,14,18H,1,3-4,7-12H2. The zero-order valence-corrected chi connectivity index (χ0v) is 12.0. The minimum atomic E-state index is 0.763. The van der Waals surface area contributed by atoms with Crippen molar-refractivity contribution in [2.75, 3.05) is 44.2 Å². The van der Waals surface area contributed by atoms with Gasteiger partial charge in [0.15, 0.2) is 0 Å². The van der Waals surface area contributed by atoms with Crippen LogP contribution in [0.4, 0.5) is 5.95 Å². The summed E-state index contributed by atoms with van der Waals surface area (Å²) in [6.07, 6.45) is 6.28. The third-order valence-electron chi connectivity index (χ3n) is 3.87. The molecule has 1 aromatic rings. The average molecular weight is 273 g/mol. The quantitative estimate of drug-likeness (QED) is 0.781. The second kappa shape index (κ2) is 6.33. The number of nitrogens with one attached hydrogen (secondary N) is 1. The summed E-state index contributed by atoms with van der Waals surface area (Å²) in [6, 6.07) is 2.62. The molecule has 5 heteroatoms. The van der Waals surface area contributed by atoms with Crippen molar-refractivity contribution < 1.29 is 0 Å². The SMILES string of the molecule is C=C(CNC1CC1)CN1CCN(c2ncccn2)CC1. The van der Waals surface area contributed by atoms with E-state index < -0.39 is 0 Å². The average Bonchev–Trinajstić information content (AvgIpc) is 3.31. The van der Waals surface area contributed by atoms with Gasteiger partial charge in [-0.3, -0.25) is 4.90 Å². The smallest absolute Gasteiger partial charge is 0.225 e. The Morgan fingerprint density at radius 1 is 1.20 bits per heavy atom.